The van der Waals surface area contributed by atoms with Crippen LogP contribution in [-0.4, -0.2) is 22.1 Å². The highest BCUT2D eigenvalue weighted by atomic mass is 16.5. The van der Waals surface area contributed by atoms with Crippen LogP contribution in [0, 0.1) is 6.92 Å². The van der Waals surface area contributed by atoms with Gasteiger partial charge < -0.3 is 10.5 Å². The van der Waals surface area contributed by atoms with Gasteiger partial charge in [0.2, 0.25) is 5.88 Å². The molecule has 1 fully saturated rings. The zero-order chi connectivity index (χ0) is 13.2. The Labute approximate surface area is 113 Å². The highest BCUT2D eigenvalue weighted by Gasteiger charge is 2.21. The summed E-state index contributed by atoms with van der Waals surface area (Å²) in [6.45, 7) is 1.95. The summed E-state index contributed by atoms with van der Waals surface area (Å²) in [6, 6.07) is 8.21. The number of aryl methyl sites for hydroxylation is 1. The van der Waals surface area contributed by atoms with E-state index >= 15 is 0 Å². The molecule has 0 aliphatic heterocycles. The second-order valence-electron chi connectivity index (χ2n) is 5.26. The lowest BCUT2D eigenvalue weighted by atomic mass is 9.94. The second-order valence-corrected chi connectivity index (χ2v) is 5.26. The first kappa shape index (κ1) is 12.4. The van der Waals surface area contributed by atoms with Crippen molar-refractivity contribution in [3.05, 3.63) is 30.0 Å². The number of fused-ring (bicyclic) bond motifs is 1. The maximum Gasteiger partial charge on any atom is 0.236 e. The Morgan fingerprint density at radius 2 is 1.68 bits per heavy atom. The topological polar surface area (TPSA) is 61.0 Å². The van der Waals surface area contributed by atoms with Crippen molar-refractivity contribution in [2.45, 2.75) is 44.8 Å². The van der Waals surface area contributed by atoms with Gasteiger partial charge in [0.1, 0.15) is 11.8 Å². The van der Waals surface area contributed by atoms with Crippen LogP contribution in [0.25, 0.3) is 11.0 Å². The van der Waals surface area contributed by atoms with Crippen LogP contribution in [0.4, 0.5) is 0 Å². The van der Waals surface area contributed by atoms with E-state index in [9.17, 15) is 0 Å². The summed E-state index contributed by atoms with van der Waals surface area (Å²) in [5, 5.41) is 0. The monoisotopic (exact) mass is 257 g/mol. The summed E-state index contributed by atoms with van der Waals surface area (Å²) in [6.07, 6.45) is 4.31. The Morgan fingerprint density at radius 3 is 2.37 bits per heavy atom. The first-order chi connectivity index (χ1) is 9.22. The normalized spacial score (nSPS) is 23.5. The minimum Gasteiger partial charge on any atom is -0.473 e. The molecule has 0 atom stereocenters. The van der Waals surface area contributed by atoms with Gasteiger partial charge in [0.25, 0.3) is 0 Å². The van der Waals surface area contributed by atoms with Crippen molar-refractivity contribution < 1.29 is 4.74 Å². The fraction of sp³-hybridized carbons (Fsp3) is 0.467. The molecule has 3 rings (SSSR count). The SMILES string of the molecule is Cc1nc2ccccc2nc1OC1CCC(N)CC1. The molecule has 0 radical (unpaired) electrons. The van der Waals surface area contributed by atoms with Crippen molar-refractivity contribution in [2.24, 2.45) is 5.73 Å². The molecule has 100 valence electrons. The number of benzene rings is 1. The summed E-state index contributed by atoms with van der Waals surface area (Å²) >= 11 is 0. The molecule has 0 unspecified atom stereocenters. The third kappa shape index (κ3) is 2.68. The number of aromatic nitrogens is 2. The molecule has 0 saturated heterocycles. The van der Waals surface area contributed by atoms with E-state index in [4.69, 9.17) is 10.5 Å². The Morgan fingerprint density at radius 1 is 1.05 bits per heavy atom. The zero-order valence-corrected chi connectivity index (χ0v) is 11.2. The minimum absolute atomic E-state index is 0.231. The van der Waals surface area contributed by atoms with E-state index in [0.717, 1.165) is 42.4 Å². The number of hydrogen-bond donors (Lipinski definition) is 1. The third-order valence-electron chi connectivity index (χ3n) is 3.70. The molecule has 4 heteroatoms. The summed E-state index contributed by atoms with van der Waals surface area (Å²) in [5.74, 6) is 0.666. The van der Waals surface area contributed by atoms with Crippen LogP contribution in [0.5, 0.6) is 5.88 Å². The van der Waals surface area contributed by atoms with Gasteiger partial charge in [-0.05, 0) is 44.7 Å². The summed E-state index contributed by atoms with van der Waals surface area (Å²) < 4.78 is 6.01. The van der Waals surface area contributed by atoms with Crippen molar-refractivity contribution in [1.29, 1.82) is 0 Å². The van der Waals surface area contributed by atoms with E-state index in [1.165, 1.54) is 0 Å². The van der Waals surface area contributed by atoms with E-state index in [2.05, 4.69) is 9.97 Å². The zero-order valence-electron chi connectivity index (χ0n) is 11.2. The average molecular weight is 257 g/mol. The largest absolute Gasteiger partial charge is 0.473 e. The molecule has 0 bridgehead atoms. The third-order valence-corrected chi connectivity index (χ3v) is 3.70. The number of rotatable bonds is 2. The standard InChI is InChI=1S/C15H19N3O/c1-10-15(19-12-8-6-11(16)7-9-12)18-14-5-3-2-4-13(14)17-10/h2-5,11-12H,6-9,16H2,1H3. The first-order valence-electron chi connectivity index (χ1n) is 6.88. The Bertz CT molecular complexity index is 577. The van der Waals surface area contributed by atoms with E-state index < -0.39 is 0 Å². The molecule has 2 aromatic rings. The number of hydrogen-bond acceptors (Lipinski definition) is 4. The lowest BCUT2D eigenvalue weighted by molar-refractivity contribution is 0.140. The molecule has 1 aliphatic carbocycles. The molecule has 1 saturated carbocycles. The van der Waals surface area contributed by atoms with Gasteiger partial charge in [-0.25, -0.2) is 9.97 Å². The van der Waals surface area contributed by atoms with Crippen molar-refractivity contribution in [3.63, 3.8) is 0 Å². The average Bonchev–Trinajstić information content (AvgIpc) is 2.42. The number of nitrogens with zero attached hydrogens (tertiary/aromatic N) is 2. The molecule has 1 aromatic heterocycles. The lowest BCUT2D eigenvalue weighted by Gasteiger charge is -2.26. The predicted octanol–water partition coefficient (Wildman–Crippen LogP) is 2.59. The van der Waals surface area contributed by atoms with Crippen LogP contribution in [0.2, 0.25) is 0 Å². The smallest absolute Gasteiger partial charge is 0.236 e. The van der Waals surface area contributed by atoms with Gasteiger partial charge in [-0.15, -0.1) is 0 Å². The number of ether oxygens (including phenoxy) is 1. The summed E-state index contributed by atoms with van der Waals surface area (Å²) in [7, 11) is 0. The van der Waals surface area contributed by atoms with Gasteiger partial charge >= 0.3 is 0 Å². The lowest BCUT2D eigenvalue weighted by Crippen LogP contribution is -2.32. The van der Waals surface area contributed by atoms with Crippen molar-refractivity contribution in [3.8, 4) is 5.88 Å². The number of para-hydroxylation sites is 2. The van der Waals surface area contributed by atoms with E-state index in [1.54, 1.807) is 0 Å². The molecule has 19 heavy (non-hydrogen) atoms. The van der Waals surface area contributed by atoms with Gasteiger partial charge in [0.05, 0.1) is 11.0 Å². The van der Waals surface area contributed by atoms with Gasteiger partial charge in [-0.1, -0.05) is 12.1 Å². The molecule has 0 amide bonds. The maximum atomic E-state index is 6.01. The maximum absolute atomic E-state index is 6.01. The quantitative estimate of drug-likeness (QED) is 0.898. The van der Waals surface area contributed by atoms with Gasteiger partial charge in [0.15, 0.2) is 0 Å². The van der Waals surface area contributed by atoms with E-state index in [0.29, 0.717) is 11.9 Å². The van der Waals surface area contributed by atoms with Gasteiger partial charge in [-0.2, -0.15) is 0 Å². The number of nitrogens with two attached hydrogens (primary N) is 1. The Kier molecular flexibility index (Phi) is 3.34. The van der Waals surface area contributed by atoms with Crippen LogP contribution in [0.1, 0.15) is 31.4 Å². The van der Waals surface area contributed by atoms with Crippen LogP contribution in [-0.2, 0) is 0 Å². The molecule has 2 N–H and O–H groups in total. The van der Waals surface area contributed by atoms with Crippen molar-refractivity contribution >= 4 is 11.0 Å². The molecular formula is C15H19N3O. The molecule has 4 nitrogen and oxygen atoms in total. The molecule has 1 aromatic carbocycles. The van der Waals surface area contributed by atoms with Gasteiger partial charge in [-0.3, -0.25) is 0 Å². The second kappa shape index (κ2) is 5.13. The van der Waals surface area contributed by atoms with E-state index in [-0.39, 0.29) is 6.10 Å². The predicted molar refractivity (Wildman–Crippen MR) is 75.1 cm³/mol. The minimum atomic E-state index is 0.231. The highest BCUT2D eigenvalue weighted by Crippen LogP contribution is 2.24. The summed E-state index contributed by atoms with van der Waals surface area (Å²) in [5.41, 5.74) is 8.57. The van der Waals surface area contributed by atoms with Gasteiger partial charge in [0, 0.05) is 6.04 Å². The van der Waals surface area contributed by atoms with Crippen LogP contribution in [0.3, 0.4) is 0 Å². The van der Waals surface area contributed by atoms with Crippen LogP contribution < -0.4 is 10.5 Å². The van der Waals surface area contributed by atoms with Crippen molar-refractivity contribution in [2.75, 3.05) is 0 Å². The Hall–Kier alpha value is -1.68. The first-order valence-corrected chi connectivity index (χ1v) is 6.88. The van der Waals surface area contributed by atoms with Crippen molar-refractivity contribution in [1.82, 2.24) is 9.97 Å². The fourth-order valence-electron chi connectivity index (χ4n) is 2.55. The molecule has 1 heterocycles. The van der Waals surface area contributed by atoms with Crippen LogP contribution in [0.15, 0.2) is 24.3 Å². The molecule has 0 spiro atoms. The molecule has 1 aliphatic rings. The summed E-state index contributed by atoms with van der Waals surface area (Å²) in [4.78, 5) is 9.12. The Balaban J connectivity index is 1.82. The van der Waals surface area contributed by atoms with E-state index in [1.807, 2.05) is 31.2 Å². The highest BCUT2D eigenvalue weighted by molar-refractivity contribution is 5.74. The molecular weight excluding hydrogens is 238 g/mol. The fourth-order valence-corrected chi connectivity index (χ4v) is 2.55. The van der Waals surface area contributed by atoms with Crippen LogP contribution >= 0.6 is 0 Å².